The van der Waals surface area contributed by atoms with E-state index in [1.54, 1.807) is 0 Å². The zero-order chi connectivity index (χ0) is 10.6. The van der Waals surface area contributed by atoms with E-state index < -0.39 is 0 Å². The van der Waals surface area contributed by atoms with Crippen LogP contribution in [0.25, 0.3) is 10.4 Å². The molecule has 1 saturated heterocycles. The molecule has 0 aromatic rings. The molecule has 3 aliphatic rings. The number of hydrogen-bond donors (Lipinski definition) is 0. The lowest BCUT2D eigenvalue weighted by atomic mass is 9.87. The maximum atomic E-state index is 11.9. The lowest BCUT2D eigenvalue weighted by molar-refractivity contribution is -0.179. The standard InChI is InChI=1S/C9H12N4O2/c1-15-13-8-5-2-4(7(8)11-12-10)3-6(5)9(13)14/h4-8H,2-3H2,1H3. The molecule has 2 aliphatic carbocycles. The maximum Gasteiger partial charge on any atom is 0.249 e. The molecule has 0 aromatic carbocycles. The molecule has 15 heavy (non-hydrogen) atoms. The predicted molar refractivity (Wildman–Crippen MR) is 50.3 cm³/mol. The van der Waals surface area contributed by atoms with E-state index >= 15 is 0 Å². The molecule has 6 nitrogen and oxygen atoms in total. The fourth-order valence-corrected chi connectivity index (χ4v) is 3.64. The molecule has 5 atom stereocenters. The molecule has 2 saturated carbocycles. The van der Waals surface area contributed by atoms with Crippen molar-refractivity contribution < 1.29 is 9.63 Å². The number of azide groups is 1. The number of hydrogen-bond acceptors (Lipinski definition) is 3. The van der Waals surface area contributed by atoms with Gasteiger partial charge < -0.3 is 0 Å². The van der Waals surface area contributed by atoms with Gasteiger partial charge in [0.15, 0.2) is 0 Å². The fraction of sp³-hybridized carbons (Fsp3) is 0.889. The summed E-state index contributed by atoms with van der Waals surface area (Å²) in [6.07, 6.45) is 1.87. The molecular formula is C9H12N4O2. The Kier molecular flexibility index (Phi) is 1.72. The highest BCUT2D eigenvalue weighted by Gasteiger charge is 2.63. The lowest BCUT2D eigenvalue weighted by Crippen LogP contribution is -2.40. The third-order valence-corrected chi connectivity index (χ3v) is 4.11. The minimum atomic E-state index is -0.0809. The number of carbonyl (C=O) groups excluding carboxylic acids is 1. The molecule has 2 bridgehead atoms. The molecule has 0 spiro atoms. The van der Waals surface area contributed by atoms with Gasteiger partial charge in [-0.05, 0) is 30.2 Å². The summed E-state index contributed by atoms with van der Waals surface area (Å²) in [7, 11) is 1.50. The second kappa shape index (κ2) is 2.87. The quantitative estimate of drug-likeness (QED) is 0.387. The van der Waals surface area contributed by atoms with E-state index in [2.05, 4.69) is 10.0 Å². The van der Waals surface area contributed by atoms with Crippen LogP contribution in [0.3, 0.4) is 0 Å². The van der Waals surface area contributed by atoms with Crippen molar-refractivity contribution in [3.8, 4) is 0 Å². The molecule has 1 amide bonds. The largest absolute Gasteiger partial charge is 0.274 e. The summed E-state index contributed by atoms with van der Waals surface area (Å²) in [6.45, 7) is 0. The van der Waals surface area contributed by atoms with Crippen molar-refractivity contribution in [2.75, 3.05) is 7.11 Å². The normalized spacial score (nSPS) is 46.1. The van der Waals surface area contributed by atoms with Crippen molar-refractivity contribution in [3.05, 3.63) is 10.4 Å². The maximum absolute atomic E-state index is 11.9. The summed E-state index contributed by atoms with van der Waals surface area (Å²) in [6, 6.07) is -0.0928. The summed E-state index contributed by atoms with van der Waals surface area (Å²) < 4.78 is 0. The second-order valence-electron chi connectivity index (χ2n) is 4.53. The van der Waals surface area contributed by atoms with Gasteiger partial charge in [0.05, 0.1) is 19.2 Å². The molecule has 0 radical (unpaired) electrons. The zero-order valence-corrected chi connectivity index (χ0v) is 8.41. The highest BCUT2D eigenvalue weighted by Crippen LogP contribution is 2.56. The van der Waals surface area contributed by atoms with Crippen molar-refractivity contribution >= 4 is 5.91 Å². The highest BCUT2D eigenvalue weighted by atomic mass is 16.7. The van der Waals surface area contributed by atoms with Crippen LogP contribution in [-0.4, -0.2) is 30.2 Å². The van der Waals surface area contributed by atoms with E-state index in [-0.39, 0.29) is 23.9 Å². The summed E-state index contributed by atoms with van der Waals surface area (Å²) >= 11 is 0. The molecule has 0 aromatic heterocycles. The Labute approximate surface area is 86.8 Å². The number of nitrogens with zero attached hydrogens (tertiary/aromatic N) is 4. The monoisotopic (exact) mass is 208 g/mol. The Morgan fingerprint density at radius 2 is 2.40 bits per heavy atom. The Balaban J connectivity index is 2.00. The third kappa shape index (κ3) is 0.931. The summed E-state index contributed by atoms with van der Waals surface area (Å²) in [5.41, 5.74) is 8.52. The SMILES string of the molecule is CON1C(=O)C2CC3CC2C1C3N=[N+]=[N-]. The molecule has 80 valence electrons. The minimum Gasteiger partial charge on any atom is -0.274 e. The Morgan fingerprint density at radius 3 is 3.07 bits per heavy atom. The fourth-order valence-electron chi connectivity index (χ4n) is 3.64. The van der Waals surface area contributed by atoms with Crippen LogP contribution >= 0.6 is 0 Å². The van der Waals surface area contributed by atoms with Crippen molar-refractivity contribution in [3.63, 3.8) is 0 Å². The van der Waals surface area contributed by atoms with Crippen molar-refractivity contribution in [1.29, 1.82) is 0 Å². The van der Waals surface area contributed by atoms with E-state index in [0.717, 1.165) is 12.8 Å². The molecule has 3 rings (SSSR count). The van der Waals surface area contributed by atoms with Gasteiger partial charge in [-0.1, -0.05) is 5.11 Å². The molecule has 3 fully saturated rings. The number of hydroxylamine groups is 2. The molecule has 5 unspecified atom stereocenters. The van der Waals surface area contributed by atoms with Gasteiger partial charge in [0.1, 0.15) is 0 Å². The van der Waals surface area contributed by atoms with Crippen molar-refractivity contribution in [2.45, 2.75) is 24.9 Å². The van der Waals surface area contributed by atoms with Crippen LogP contribution in [0.2, 0.25) is 0 Å². The van der Waals surface area contributed by atoms with E-state index in [1.165, 1.54) is 12.2 Å². The van der Waals surface area contributed by atoms with E-state index in [4.69, 9.17) is 10.4 Å². The van der Waals surface area contributed by atoms with Gasteiger partial charge >= 0.3 is 0 Å². The first-order chi connectivity index (χ1) is 7.27. The van der Waals surface area contributed by atoms with E-state index in [9.17, 15) is 4.79 Å². The van der Waals surface area contributed by atoms with Crippen molar-refractivity contribution in [2.24, 2.45) is 22.9 Å². The molecular weight excluding hydrogens is 196 g/mol. The lowest BCUT2D eigenvalue weighted by Gasteiger charge is -2.26. The van der Waals surface area contributed by atoms with Crippen molar-refractivity contribution in [1.82, 2.24) is 5.06 Å². The number of carbonyl (C=O) groups is 1. The van der Waals surface area contributed by atoms with Gasteiger partial charge in [-0.3, -0.25) is 9.63 Å². The van der Waals surface area contributed by atoms with Gasteiger partial charge in [-0.2, -0.15) is 0 Å². The average Bonchev–Trinajstić information content (AvgIpc) is 2.82. The van der Waals surface area contributed by atoms with Crippen LogP contribution in [0.5, 0.6) is 0 Å². The van der Waals surface area contributed by atoms with Gasteiger partial charge in [0, 0.05) is 10.8 Å². The van der Waals surface area contributed by atoms with Gasteiger partial charge in [-0.15, -0.1) is 0 Å². The van der Waals surface area contributed by atoms with E-state index in [0.29, 0.717) is 11.8 Å². The van der Waals surface area contributed by atoms with Crippen LogP contribution in [0.1, 0.15) is 12.8 Å². The second-order valence-corrected chi connectivity index (χ2v) is 4.53. The van der Waals surface area contributed by atoms with E-state index in [1.807, 2.05) is 0 Å². The number of rotatable bonds is 2. The number of amides is 1. The number of fused-ring (bicyclic) bond motifs is 1. The topological polar surface area (TPSA) is 78.3 Å². The van der Waals surface area contributed by atoms with Gasteiger partial charge in [0.25, 0.3) is 0 Å². The summed E-state index contributed by atoms with van der Waals surface area (Å²) in [4.78, 5) is 19.9. The van der Waals surface area contributed by atoms with Crippen LogP contribution in [0.15, 0.2) is 5.11 Å². The Hall–Kier alpha value is -1.26. The third-order valence-electron chi connectivity index (χ3n) is 4.11. The van der Waals surface area contributed by atoms with Gasteiger partial charge in [0.2, 0.25) is 5.91 Å². The van der Waals surface area contributed by atoms with Crippen LogP contribution < -0.4 is 0 Å². The first-order valence-electron chi connectivity index (χ1n) is 5.19. The molecule has 6 heteroatoms. The highest BCUT2D eigenvalue weighted by molar-refractivity contribution is 5.82. The summed E-state index contributed by atoms with van der Waals surface area (Å²) in [5.74, 6) is 0.915. The van der Waals surface area contributed by atoms with Gasteiger partial charge in [-0.25, -0.2) is 5.06 Å². The first-order valence-corrected chi connectivity index (χ1v) is 5.19. The molecule has 1 aliphatic heterocycles. The predicted octanol–water partition coefficient (Wildman–Crippen LogP) is 1.09. The van der Waals surface area contributed by atoms with Crippen LogP contribution in [0, 0.1) is 17.8 Å². The Morgan fingerprint density at radius 1 is 1.60 bits per heavy atom. The smallest absolute Gasteiger partial charge is 0.249 e. The first kappa shape index (κ1) is 9.00. The minimum absolute atomic E-state index is 0.0119. The van der Waals surface area contributed by atoms with Crippen LogP contribution in [0.4, 0.5) is 0 Å². The zero-order valence-electron chi connectivity index (χ0n) is 8.41. The van der Waals surface area contributed by atoms with Crippen LogP contribution in [-0.2, 0) is 9.63 Å². The average molecular weight is 208 g/mol. The summed E-state index contributed by atoms with van der Waals surface area (Å²) in [5, 5.41) is 5.26. The Bertz CT molecular complexity index is 365. The molecule has 0 N–H and O–H groups in total. The molecule has 1 heterocycles.